The van der Waals surface area contributed by atoms with Crippen LogP contribution in [0.1, 0.15) is 45.0 Å². The highest BCUT2D eigenvalue weighted by molar-refractivity contribution is 7.99. The first-order chi connectivity index (χ1) is 7.22. The molecule has 0 bridgehead atoms. The SMILES string of the molecule is CC(C)n1c(CN)nnc1SC1CCC1. The van der Waals surface area contributed by atoms with Crippen LogP contribution in [0.4, 0.5) is 0 Å². The van der Waals surface area contributed by atoms with Crippen molar-refractivity contribution in [3.63, 3.8) is 0 Å². The van der Waals surface area contributed by atoms with Gasteiger partial charge in [0.25, 0.3) is 0 Å². The third-order valence-electron chi connectivity index (χ3n) is 2.76. The monoisotopic (exact) mass is 226 g/mol. The molecule has 0 saturated heterocycles. The van der Waals surface area contributed by atoms with Gasteiger partial charge in [-0.3, -0.25) is 0 Å². The summed E-state index contributed by atoms with van der Waals surface area (Å²) in [5.74, 6) is 0.895. The molecule has 0 spiro atoms. The molecule has 2 rings (SSSR count). The molecule has 1 heterocycles. The summed E-state index contributed by atoms with van der Waals surface area (Å²) in [5, 5.41) is 10.1. The van der Waals surface area contributed by atoms with Gasteiger partial charge in [-0.15, -0.1) is 10.2 Å². The lowest BCUT2D eigenvalue weighted by molar-refractivity contribution is 0.505. The lowest BCUT2D eigenvalue weighted by Gasteiger charge is -2.24. The van der Waals surface area contributed by atoms with Gasteiger partial charge in [0.1, 0.15) is 5.82 Å². The number of aromatic nitrogens is 3. The smallest absolute Gasteiger partial charge is 0.191 e. The van der Waals surface area contributed by atoms with E-state index in [1.54, 1.807) is 0 Å². The summed E-state index contributed by atoms with van der Waals surface area (Å²) in [7, 11) is 0. The minimum absolute atomic E-state index is 0.390. The van der Waals surface area contributed by atoms with Gasteiger partial charge in [-0.25, -0.2) is 0 Å². The van der Waals surface area contributed by atoms with Crippen LogP contribution in [-0.4, -0.2) is 20.0 Å². The molecule has 4 nitrogen and oxygen atoms in total. The second kappa shape index (κ2) is 4.53. The first-order valence-electron chi connectivity index (χ1n) is 5.53. The zero-order valence-electron chi connectivity index (χ0n) is 9.31. The van der Waals surface area contributed by atoms with Gasteiger partial charge < -0.3 is 10.3 Å². The molecule has 0 unspecified atom stereocenters. The molecule has 1 aromatic heterocycles. The lowest BCUT2D eigenvalue weighted by atomic mass is 10.0. The topological polar surface area (TPSA) is 56.7 Å². The van der Waals surface area contributed by atoms with E-state index < -0.39 is 0 Å². The average molecular weight is 226 g/mol. The summed E-state index contributed by atoms with van der Waals surface area (Å²) in [6.07, 6.45) is 3.98. The molecule has 5 heteroatoms. The van der Waals surface area contributed by atoms with Crippen LogP contribution in [0.5, 0.6) is 0 Å². The quantitative estimate of drug-likeness (QED) is 0.852. The molecule has 2 N–H and O–H groups in total. The maximum atomic E-state index is 5.65. The molecule has 0 atom stereocenters. The standard InChI is InChI=1S/C10H18N4S/c1-7(2)14-9(6-11)12-13-10(14)15-8-4-3-5-8/h7-8H,3-6,11H2,1-2H3. The van der Waals surface area contributed by atoms with Crippen LogP contribution in [0, 0.1) is 0 Å². The van der Waals surface area contributed by atoms with Gasteiger partial charge in [-0.1, -0.05) is 18.2 Å². The third kappa shape index (κ3) is 2.18. The molecule has 0 amide bonds. The number of nitrogens with two attached hydrogens (primary N) is 1. The predicted octanol–water partition coefficient (Wildman–Crippen LogP) is 1.96. The second-order valence-electron chi connectivity index (χ2n) is 4.24. The number of rotatable bonds is 4. The maximum absolute atomic E-state index is 5.65. The zero-order chi connectivity index (χ0) is 10.8. The molecule has 0 radical (unpaired) electrons. The third-order valence-corrected chi connectivity index (χ3v) is 4.05. The van der Waals surface area contributed by atoms with Gasteiger partial charge in [-0.05, 0) is 26.7 Å². The number of nitrogens with zero attached hydrogens (tertiary/aromatic N) is 3. The van der Waals surface area contributed by atoms with Crippen LogP contribution in [0.15, 0.2) is 5.16 Å². The average Bonchev–Trinajstić information content (AvgIpc) is 2.54. The molecule has 1 fully saturated rings. The Balaban J connectivity index is 2.17. The van der Waals surface area contributed by atoms with E-state index in [0.717, 1.165) is 16.2 Å². The van der Waals surface area contributed by atoms with E-state index in [9.17, 15) is 0 Å². The molecule has 84 valence electrons. The lowest BCUT2D eigenvalue weighted by Crippen LogP contribution is -2.16. The van der Waals surface area contributed by atoms with E-state index in [1.807, 2.05) is 11.8 Å². The highest BCUT2D eigenvalue weighted by atomic mass is 32.2. The molecule has 0 aliphatic heterocycles. The van der Waals surface area contributed by atoms with Crippen molar-refractivity contribution in [1.82, 2.24) is 14.8 Å². The fourth-order valence-corrected chi connectivity index (χ4v) is 3.07. The van der Waals surface area contributed by atoms with Crippen LogP contribution < -0.4 is 5.73 Å². The Kier molecular flexibility index (Phi) is 3.31. The molecular weight excluding hydrogens is 208 g/mol. The molecule has 15 heavy (non-hydrogen) atoms. The minimum atomic E-state index is 0.390. The Morgan fingerprint density at radius 2 is 2.20 bits per heavy atom. The van der Waals surface area contributed by atoms with E-state index in [2.05, 4.69) is 28.6 Å². The highest BCUT2D eigenvalue weighted by Crippen LogP contribution is 2.36. The van der Waals surface area contributed by atoms with Gasteiger partial charge in [-0.2, -0.15) is 0 Å². The van der Waals surface area contributed by atoms with Gasteiger partial charge >= 0.3 is 0 Å². The van der Waals surface area contributed by atoms with Gasteiger partial charge in [0.15, 0.2) is 5.16 Å². The number of hydrogen-bond acceptors (Lipinski definition) is 4. The van der Waals surface area contributed by atoms with E-state index >= 15 is 0 Å². The van der Waals surface area contributed by atoms with Crippen molar-refractivity contribution < 1.29 is 0 Å². The van der Waals surface area contributed by atoms with Crippen LogP contribution in [0.2, 0.25) is 0 Å². The predicted molar refractivity (Wildman–Crippen MR) is 61.8 cm³/mol. The second-order valence-corrected chi connectivity index (χ2v) is 5.50. The van der Waals surface area contributed by atoms with E-state index in [4.69, 9.17) is 5.73 Å². The normalized spacial score (nSPS) is 17.1. The molecule has 0 aromatic carbocycles. The van der Waals surface area contributed by atoms with Crippen molar-refractivity contribution in [3.8, 4) is 0 Å². The maximum Gasteiger partial charge on any atom is 0.191 e. The highest BCUT2D eigenvalue weighted by Gasteiger charge is 2.23. The minimum Gasteiger partial charge on any atom is -0.324 e. The summed E-state index contributed by atoms with van der Waals surface area (Å²) < 4.78 is 2.16. The molecule has 1 saturated carbocycles. The Bertz CT molecular complexity index is 330. The first kappa shape index (κ1) is 11.0. The van der Waals surface area contributed by atoms with Crippen molar-refractivity contribution in [2.45, 2.75) is 56.1 Å². The summed E-state index contributed by atoms with van der Waals surface area (Å²) in [5.41, 5.74) is 5.65. The number of thioether (sulfide) groups is 1. The van der Waals surface area contributed by atoms with E-state index in [1.165, 1.54) is 19.3 Å². The van der Waals surface area contributed by atoms with Crippen LogP contribution >= 0.6 is 11.8 Å². The van der Waals surface area contributed by atoms with Crippen LogP contribution in [0.25, 0.3) is 0 Å². The van der Waals surface area contributed by atoms with E-state index in [-0.39, 0.29) is 0 Å². The largest absolute Gasteiger partial charge is 0.324 e. The summed E-state index contributed by atoms with van der Waals surface area (Å²) in [6, 6.07) is 0.390. The van der Waals surface area contributed by atoms with Crippen LogP contribution in [-0.2, 0) is 6.54 Å². The van der Waals surface area contributed by atoms with Gasteiger partial charge in [0, 0.05) is 11.3 Å². The Labute approximate surface area is 94.6 Å². The van der Waals surface area contributed by atoms with Gasteiger partial charge in [0.05, 0.1) is 6.54 Å². The Morgan fingerprint density at radius 3 is 2.67 bits per heavy atom. The summed E-state index contributed by atoms with van der Waals surface area (Å²) >= 11 is 1.86. The molecule has 1 aliphatic rings. The Hall–Kier alpha value is -0.550. The molecule has 1 aliphatic carbocycles. The van der Waals surface area contributed by atoms with Crippen molar-refractivity contribution >= 4 is 11.8 Å². The van der Waals surface area contributed by atoms with Gasteiger partial charge in [0.2, 0.25) is 0 Å². The van der Waals surface area contributed by atoms with Crippen molar-refractivity contribution in [1.29, 1.82) is 0 Å². The fraction of sp³-hybridized carbons (Fsp3) is 0.800. The fourth-order valence-electron chi connectivity index (χ4n) is 1.68. The Morgan fingerprint density at radius 1 is 1.47 bits per heavy atom. The van der Waals surface area contributed by atoms with E-state index in [0.29, 0.717) is 12.6 Å². The zero-order valence-corrected chi connectivity index (χ0v) is 10.1. The van der Waals surface area contributed by atoms with Crippen LogP contribution in [0.3, 0.4) is 0 Å². The van der Waals surface area contributed by atoms with Crippen molar-refractivity contribution in [2.24, 2.45) is 5.73 Å². The van der Waals surface area contributed by atoms with Crippen molar-refractivity contribution in [3.05, 3.63) is 5.82 Å². The molecule has 1 aromatic rings. The first-order valence-corrected chi connectivity index (χ1v) is 6.41. The summed E-state index contributed by atoms with van der Waals surface area (Å²) in [4.78, 5) is 0. The summed E-state index contributed by atoms with van der Waals surface area (Å²) in [6.45, 7) is 4.76. The number of hydrogen-bond donors (Lipinski definition) is 1. The van der Waals surface area contributed by atoms with Crippen molar-refractivity contribution in [2.75, 3.05) is 0 Å². The molecular formula is C10H18N4S.